The largest absolute Gasteiger partial charge is 0.368 e. The van der Waals surface area contributed by atoms with Crippen molar-refractivity contribution in [2.24, 2.45) is 0 Å². The van der Waals surface area contributed by atoms with E-state index >= 15 is 0 Å². The first kappa shape index (κ1) is 10.5. The number of nitrogens with zero attached hydrogens (tertiary/aromatic N) is 3. The van der Waals surface area contributed by atoms with Gasteiger partial charge in [-0.3, -0.25) is 0 Å². The summed E-state index contributed by atoms with van der Waals surface area (Å²) in [4.78, 5) is 10.3. The average molecular weight is 227 g/mol. The van der Waals surface area contributed by atoms with Crippen LogP contribution in [0, 0.1) is 0 Å². The number of rotatable bonds is 1. The molecule has 0 saturated carbocycles. The van der Waals surface area contributed by atoms with Gasteiger partial charge in [0.15, 0.2) is 0 Å². The van der Waals surface area contributed by atoms with Crippen LogP contribution in [0.4, 0.5) is 11.8 Å². The van der Waals surface area contributed by atoms with E-state index < -0.39 is 0 Å². The maximum atomic E-state index is 5.86. The lowest BCUT2D eigenvalue weighted by atomic mass is 10.0. The molecule has 0 radical (unpaired) electrons. The molecule has 4 nitrogen and oxygen atoms in total. The lowest BCUT2D eigenvalue weighted by Gasteiger charge is -2.34. The summed E-state index contributed by atoms with van der Waals surface area (Å²) in [6, 6.07) is 2.28. The molecule has 0 aromatic carbocycles. The Hall–Kier alpha value is -1.03. The highest BCUT2D eigenvalue weighted by Crippen LogP contribution is 2.24. The molecule has 2 rings (SSSR count). The summed E-state index contributed by atoms with van der Waals surface area (Å²) in [5.41, 5.74) is 5.58. The molecule has 1 saturated heterocycles. The van der Waals surface area contributed by atoms with Gasteiger partial charge in [-0.15, -0.1) is 0 Å². The second kappa shape index (κ2) is 4.23. The molecule has 0 spiro atoms. The predicted molar refractivity (Wildman–Crippen MR) is 62.1 cm³/mol. The van der Waals surface area contributed by atoms with Crippen LogP contribution in [-0.2, 0) is 0 Å². The molecular formula is C10H15ClN4. The molecule has 2 heterocycles. The first-order valence-corrected chi connectivity index (χ1v) is 5.61. The van der Waals surface area contributed by atoms with Crippen molar-refractivity contribution in [3.63, 3.8) is 0 Å². The number of piperidine rings is 1. The zero-order valence-electron chi connectivity index (χ0n) is 8.78. The van der Waals surface area contributed by atoms with Crippen LogP contribution in [0.15, 0.2) is 6.07 Å². The number of aromatic nitrogens is 2. The minimum absolute atomic E-state index is 0.246. The lowest BCUT2D eigenvalue weighted by molar-refractivity contribution is 0.481. The van der Waals surface area contributed by atoms with E-state index in [0.29, 0.717) is 11.2 Å². The molecule has 0 amide bonds. The summed E-state index contributed by atoms with van der Waals surface area (Å²) in [6.07, 6.45) is 3.68. The summed E-state index contributed by atoms with van der Waals surface area (Å²) in [7, 11) is 0. The molecule has 82 valence electrons. The van der Waals surface area contributed by atoms with E-state index in [1.54, 1.807) is 6.07 Å². The Morgan fingerprint density at radius 3 is 2.93 bits per heavy atom. The molecule has 0 unspecified atom stereocenters. The number of hydrogen-bond acceptors (Lipinski definition) is 4. The number of nitrogen functional groups attached to an aromatic ring is 1. The molecular weight excluding hydrogens is 212 g/mol. The van der Waals surface area contributed by atoms with Gasteiger partial charge in [0, 0.05) is 18.7 Å². The maximum Gasteiger partial charge on any atom is 0.223 e. The summed E-state index contributed by atoms with van der Waals surface area (Å²) in [5, 5.41) is 0.412. The predicted octanol–water partition coefficient (Wildman–Crippen LogP) is 2.09. The first-order chi connectivity index (χ1) is 7.16. The zero-order valence-corrected chi connectivity index (χ0v) is 9.54. The Kier molecular flexibility index (Phi) is 2.95. The Morgan fingerprint density at radius 1 is 1.47 bits per heavy atom. The SMILES string of the molecule is C[C@@H]1CCCCN1c1cc(Cl)nc(N)n1. The Bertz CT molecular complexity index is 335. The van der Waals surface area contributed by atoms with E-state index in [-0.39, 0.29) is 5.95 Å². The zero-order chi connectivity index (χ0) is 10.8. The molecule has 0 bridgehead atoms. The molecule has 1 aliphatic heterocycles. The van der Waals surface area contributed by atoms with E-state index in [0.717, 1.165) is 12.4 Å². The Balaban J connectivity index is 2.27. The van der Waals surface area contributed by atoms with Crippen molar-refractivity contribution < 1.29 is 0 Å². The van der Waals surface area contributed by atoms with Gasteiger partial charge in [-0.2, -0.15) is 4.98 Å². The van der Waals surface area contributed by atoms with Crippen LogP contribution in [-0.4, -0.2) is 22.6 Å². The summed E-state index contributed by atoms with van der Waals surface area (Å²) in [6.45, 7) is 3.22. The third-order valence-electron chi connectivity index (χ3n) is 2.80. The van der Waals surface area contributed by atoms with Crippen molar-refractivity contribution in [1.29, 1.82) is 0 Å². The third kappa shape index (κ3) is 2.31. The van der Waals surface area contributed by atoms with Crippen LogP contribution in [0.1, 0.15) is 26.2 Å². The van der Waals surface area contributed by atoms with Crippen molar-refractivity contribution in [3.8, 4) is 0 Å². The summed E-state index contributed by atoms with van der Waals surface area (Å²) >= 11 is 5.86. The van der Waals surface area contributed by atoms with Crippen molar-refractivity contribution in [2.45, 2.75) is 32.2 Å². The summed E-state index contributed by atoms with van der Waals surface area (Å²) < 4.78 is 0. The lowest BCUT2D eigenvalue weighted by Crippen LogP contribution is -2.38. The molecule has 5 heteroatoms. The molecule has 1 fully saturated rings. The molecule has 1 aliphatic rings. The molecule has 2 N–H and O–H groups in total. The van der Waals surface area contributed by atoms with Crippen molar-refractivity contribution in [2.75, 3.05) is 17.2 Å². The topological polar surface area (TPSA) is 55.0 Å². The van der Waals surface area contributed by atoms with Gasteiger partial charge in [-0.1, -0.05) is 11.6 Å². The van der Waals surface area contributed by atoms with E-state index in [1.165, 1.54) is 19.3 Å². The van der Waals surface area contributed by atoms with Crippen LogP contribution in [0.2, 0.25) is 5.15 Å². The minimum atomic E-state index is 0.246. The molecule has 15 heavy (non-hydrogen) atoms. The second-order valence-electron chi connectivity index (χ2n) is 3.95. The average Bonchev–Trinajstić information content (AvgIpc) is 2.16. The highest BCUT2D eigenvalue weighted by molar-refractivity contribution is 6.29. The van der Waals surface area contributed by atoms with Crippen LogP contribution < -0.4 is 10.6 Å². The third-order valence-corrected chi connectivity index (χ3v) is 2.99. The van der Waals surface area contributed by atoms with Crippen LogP contribution >= 0.6 is 11.6 Å². The molecule has 1 aromatic rings. The molecule has 1 atom stereocenters. The number of halogens is 1. The standard InChI is InChI=1S/C10H15ClN4/c1-7-4-2-3-5-15(7)9-6-8(11)13-10(12)14-9/h6-7H,2-5H2,1H3,(H2,12,13,14)/t7-/m1/s1. The van der Waals surface area contributed by atoms with Crippen molar-refractivity contribution >= 4 is 23.4 Å². The van der Waals surface area contributed by atoms with E-state index in [4.69, 9.17) is 17.3 Å². The van der Waals surface area contributed by atoms with Gasteiger partial charge in [-0.05, 0) is 26.2 Å². The number of nitrogens with two attached hydrogens (primary N) is 1. The quantitative estimate of drug-likeness (QED) is 0.745. The number of hydrogen-bond donors (Lipinski definition) is 1. The fourth-order valence-corrected chi connectivity index (χ4v) is 2.19. The maximum absolute atomic E-state index is 5.86. The van der Waals surface area contributed by atoms with Gasteiger partial charge in [-0.25, -0.2) is 4.98 Å². The fourth-order valence-electron chi connectivity index (χ4n) is 2.01. The normalized spacial score (nSPS) is 21.7. The van der Waals surface area contributed by atoms with Crippen LogP contribution in [0.3, 0.4) is 0 Å². The summed E-state index contributed by atoms with van der Waals surface area (Å²) in [5.74, 6) is 1.09. The van der Waals surface area contributed by atoms with E-state index in [1.807, 2.05) is 0 Å². The van der Waals surface area contributed by atoms with Crippen molar-refractivity contribution in [1.82, 2.24) is 9.97 Å². The molecule has 1 aromatic heterocycles. The van der Waals surface area contributed by atoms with Crippen LogP contribution in [0.5, 0.6) is 0 Å². The Morgan fingerprint density at radius 2 is 2.27 bits per heavy atom. The van der Waals surface area contributed by atoms with E-state index in [9.17, 15) is 0 Å². The smallest absolute Gasteiger partial charge is 0.223 e. The highest BCUT2D eigenvalue weighted by Gasteiger charge is 2.20. The van der Waals surface area contributed by atoms with Gasteiger partial charge < -0.3 is 10.6 Å². The molecule has 0 aliphatic carbocycles. The van der Waals surface area contributed by atoms with Gasteiger partial charge in [0.2, 0.25) is 5.95 Å². The van der Waals surface area contributed by atoms with Gasteiger partial charge in [0.1, 0.15) is 11.0 Å². The number of anilines is 2. The highest BCUT2D eigenvalue weighted by atomic mass is 35.5. The van der Waals surface area contributed by atoms with Crippen LogP contribution in [0.25, 0.3) is 0 Å². The van der Waals surface area contributed by atoms with Gasteiger partial charge >= 0.3 is 0 Å². The fraction of sp³-hybridized carbons (Fsp3) is 0.600. The first-order valence-electron chi connectivity index (χ1n) is 5.23. The van der Waals surface area contributed by atoms with Gasteiger partial charge in [0.25, 0.3) is 0 Å². The second-order valence-corrected chi connectivity index (χ2v) is 4.33. The van der Waals surface area contributed by atoms with E-state index in [2.05, 4.69) is 21.8 Å². The van der Waals surface area contributed by atoms with Crippen molar-refractivity contribution in [3.05, 3.63) is 11.2 Å². The monoisotopic (exact) mass is 226 g/mol. The van der Waals surface area contributed by atoms with Gasteiger partial charge in [0.05, 0.1) is 0 Å². The Labute approximate surface area is 94.5 Å². The minimum Gasteiger partial charge on any atom is -0.368 e.